The van der Waals surface area contributed by atoms with Gasteiger partial charge in [-0.15, -0.1) is 0 Å². The monoisotopic (exact) mass is 383 g/mol. The number of piperidine rings is 1. The first kappa shape index (κ1) is 17.8. The zero-order chi connectivity index (χ0) is 19.1. The Hall–Kier alpha value is -2.24. The number of nitrogens with zero attached hydrogens (tertiary/aromatic N) is 3. The van der Waals surface area contributed by atoms with Crippen LogP contribution in [-0.4, -0.2) is 34.0 Å². The van der Waals surface area contributed by atoms with Crippen LogP contribution in [-0.2, 0) is 10.2 Å². The summed E-state index contributed by atoms with van der Waals surface area (Å²) in [7, 11) is 0. The summed E-state index contributed by atoms with van der Waals surface area (Å²) in [6.07, 6.45) is 8.53. The summed E-state index contributed by atoms with van der Waals surface area (Å²) in [6.45, 7) is 1.55. The van der Waals surface area contributed by atoms with Gasteiger partial charge < -0.3 is 9.42 Å². The van der Waals surface area contributed by atoms with Crippen molar-refractivity contribution in [2.75, 3.05) is 13.1 Å². The van der Waals surface area contributed by atoms with Crippen LogP contribution in [0.2, 0.25) is 0 Å². The number of rotatable bonds is 6. The SMILES string of the molecule is O=C(CC1CC1)N1CCC(CC2CC2)(c2noc(-c3ccc(F)cc3)n2)CC1. The van der Waals surface area contributed by atoms with E-state index < -0.39 is 0 Å². The fourth-order valence-corrected chi connectivity index (χ4v) is 4.42. The fourth-order valence-electron chi connectivity index (χ4n) is 4.42. The smallest absolute Gasteiger partial charge is 0.257 e. The third kappa shape index (κ3) is 3.69. The van der Waals surface area contributed by atoms with Crippen molar-refractivity contribution in [1.82, 2.24) is 15.0 Å². The van der Waals surface area contributed by atoms with E-state index in [1.807, 2.05) is 4.90 Å². The number of halogens is 1. The molecule has 0 radical (unpaired) electrons. The topological polar surface area (TPSA) is 59.2 Å². The number of hydrogen-bond acceptors (Lipinski definition) is 4. The van der Waals surface area contributed by atoms with Crippen molar-refractivity contribution in [2.24, 2.45) is 11.8 Å². The lowest BCUT2D eigenvalue weighted by atomic mass is 9.73. The molecule has 5 nitrogen and oxygen atoms in total. The van der Waals surface area contributed by atoms with E-state index in [0.717, 1.165) is 49.7 Å². The number of likely N-dealkylation sites (tertiary alicyclic amines) is 1. The summed E-state index contributed by atoms with van der Waals surface area (Å²) in [5, 5.41) is 4.34. The number of carbonyl (C=O) groups is 1. The molecule has 0 bridgehead atoms. The normalized spacial score (nSPS) is 21.7. The predicted molar refractivity (Wildman–Crippen MR) is 102 cm³/mol. The summed E-state index contributed by atoms with van der Waals surface area (Å²) in [4.78, 5) is 19.2. The second-order valence-corrected chi connectivity index (χ2v) is 8.89. The summed E-state index contributed by atoms with van der Waals surface area (Å²) in [5.74, 6) is 2.59. The number of benzene rings is 1. The first-order valence-electron chi connectivity index (χ1n) is 10.5. The minimum Gasteiger partial charge on any atom is -0.343 e. The lowest BCUT2D eigenvalue weighted by Crippen LogP contribution is -2.46. The van der Waals surface area contributed by atoms with Crippen molar-refractivity contribution >= 4 is 5.91 Å². The lowest BCUT2D eigenvalue weighted by molar-refractivity contribution is -0.133. The molecule has 28 heavy (non-hydrogen) atoms. The zero-order valence-electron chi connectivity index (χ0n) is 16.1. The number of hydrogen-bond donors (Lipinski definition) is 0. The van der Waals surface area contributed by atoms with Crippen molar-refractivity contribution < 1.29 is 13.7 Å². The van der Waals surface area contributed by atoms with Crippen LogP contribution >= 0.6 is 0 Å². The van der Waals surface area contributed by atoms with Crippen LogP contribution in [0.4, 0.5) is 4.39 Å². The molecule has 0 N–H and O–H groups in total. The molecule has 148 valence electrons. The maximum atomic E-state index is 13.2. The molecule has 5 rings (SSSR count). The fraction of sp³-hybridized carbons (Fsp3) is 0.591. The highest BCUT2D eigenvalue weighted by Gasteiger charge is 2.45. The molecule has 1 amide bonds. The molecule has 2 aliphatic carbocycles. The molecule has 1 saturated heterocycles. The van der Waals surface area contributed by atoms with E-state index in [-0.39, 0.29) is 11.2 Å². The Morgan fingerprint density at radius 3 is 2.43 bits per heavy atom. The van der Waals surface area contributed by atoms with Gasteiger partial charge in [0.2, 0.25) is 5.91 Å². The Balaban J connectivity index is 1.34. The Bertz CT molecular complexity index is 847. The Morgan fingerprint density at radius 1 is 1.11 bits per heavy atom. The average Bonchev–Trinajstić information content (AvgIpc) is 3.63. The molecule has 2 aromatic rings. The molecule has 0 unspecified atom stereocenters. The minimum absolute atomic E-state index is 0.112. The summed E-state index contributed by atoms with van der Waals surface area (Å²) in [6, 6.07) is 6.14. The van der Waals surface area contributed by atoms with E-state index in [1.165, 1.54) is 37.8 Å². The van der Waals surface area contributed by atoms with Gasteiger partial charge in [-0.05, 0) is 68.2 Å². The Morgan fingerprint density at radius 2 is 1.79 bits per heavy atom. The van der Waals surface area contributed by atoms with Gasteiger partial charge in [0.15, 0.2) is 5.82 Å². The van der Waals surface area contributed by atoms with Crippen molar-refractivity contribution in [3.8, 4) is 11.5 Å². The standard InChI is InChI=1S/C22H26FN3O2/c23-18-7-5-17(6-8-18)20-24-21(25-28-20)22(14-16-3-4-16)9-11-26(12-10-22)19(27)13-15-1-2-15/h5-8,15-16H,1-4,9-14H2. The average molecular weight is 383 g/mol. The summed E-state index contributed by atoms with van der Waals surface area (Å²) in [5.41, 5.74) is 0.623. The van der Waals surface area contributed by atoms with Crippen LogP contribution in [0.3, 0.4) is 0 Å². The molecule has 0 atom stereocenters. The molecule has 1 aromatic heterocycles. The van der Waals surface area contributed by atoms with Gasteiger partial charge in [-0.3, -0.25) is 4.79 Å². The second kappa shape index (κ2) is 6.98. The quantitative estimate of drug-likeness (QED) is 0.745. The third-order valence-corrected chi connectivity index (χ3v) is 6.60. The molecule has 1 aromatic carbocycles. The van der Waals surface area contributed by atoms with Gasteiger partial charge in [0.25, 0.3) is 5.89 Å². The van der Waals surface area contributed by atoms with Crippen molar-refractivity contribution in [2.45, 2.75) is 56.8 Å². The maximum Gasteiger partial charge on any atom is 0.257 e. The third-order valence-electron chi connectivity index (χ3n) is 6.60. The Kier molecular flexibility index (Phi) is 4.44. The number of carbonyl (C=O) groups excluding carboxylic acids is 1. The molecule has 1 aliphatic heterocycles. The van der Waals surface area contributed by atoms with E-state index in [1.54, 1.807) is 12.1 Å². The molecule has 0 spiro atoms. The molecule has 2 heterocycles. The summed E-state index contributed by atoms with van der Waals surface area (Å²) >= 11 is 0. The number of amides is 1. The van der Waals surface area contributed by atoms with Crippen LogP contribution in [0.25, 0.3) is 11.5 Å². The van der Waals surface area contributed by atoms with Crippen molar-refractivity contribution in [3.63, 3.8) is 0 Å². The van der Waals surface area contributed by atoms with Gasteiger partial charge in [0.1, 0.15) is 5.82 Å². The van der Waals surface area contributed by atoms with E-state index in [2.05, 4.69) is 5.16 Å². The number of aromatic nitrogens is 2. The maximum absolute atomic E-state index is 13.2. The van der Waals surface area contributed by atoms with Crippen molar-refractivity contribution in [3.05, 3.63) is 35.9 Å². The first-order chi connectivity index (χ1) is 13.6. The van der Waals surface area contributed by atoms with Crippen LogP contribution in [0.15, 0.2) is 28.8 Å². The van der Waals surface area contributed by atoms with Gasteiger partial charge in [-0.2, -0.15) is 4.98 Å². The molecular formula is C22H26FN3O2. The highest BCUT2D eigenvalue weighted by atomic mass is 19.1. The van der Waals surface area contributed by atoms with Gasteiger partial charge in [-0.25, -0.2) is 4.39 Å². The highest BCUT2D eigenvalue weighted by Crippen LogP contribution is 2.47. The van der Waals surface area contributed by atoms with E-state index in [9.17, 15) is 9.18 Å². The van der Waals surface area contributed by atoms with E-state index >= 15 is 0 Å². The van der Waals surface area contributed by atoms with Gasteiger partial charge in [-0.1, -0.05) is 18.0 Å². The highest BCUT2D eigenvalue weighted by molar-refractivity contribution is 5.76. The van der Waals surface area contributed by atoms with Gasteiger partial charge >= 0.3 is 0 Å². The zero-order valence-corrected chi connectivity index (χ0v) is 16.1. The first-order valence-corrected chi connectivity index (χ1v) is 10.5. The molecular weight excluding hydrogens is 357 g/mol. The van der Waals surface area contributed by atoms with E-state index in [0.29, 0.717) is 24.1 Å². The summed E-state index contributed by atoms with van der Waals surface area (Å²) < 4.78 is 18.7. The molecule has 3 fully saturated rings. The van der Waals surface area contributed by atoms with Crippen LogP contribution in [0, 0.1) is 17.7 Å². The lowest BCUT2D eigenvalue weighted by Gasteiger charge is -2.40. The van der Waals surface area contributed by atoms with E-state index in [4.69, 9.17) is 9.51 Å². The van der Waals surface area contributed by atoms with Crippen LogP contribution in [0.5, 0.6) is 0 Å². The second-order valence-electron chi connectivity index (χ2n) is 8.89. The van der Waals surface area contributed by atoms with Gasteiger partial charge in [0.05, 0.1) is 0 Å². The van der Waals surface area contributed by atoms with Crippen LogP contribution < -0.4 is 0 Å². The largest absolute Gasteiger partial charge is 0.343 e. The Labute approximate surface area is 164 Å². The predicted octanol–water partition coefficient (Wildman–Crippen LogP) is 4.34. The van der Waals surface area contributed by atoms with Gasteiger partial charge in [0, 0.05) is 30.5 Å². The van der Waals surface area contributed by atoms with Crippen LogP contribution in [0.1, 0.15) is 57.2 Å². The molecule has 2 saturated carbocycles. The minimum atomic E-state index is -0.281. The van der Waals surface area contributed by atoms with Crippen molar-refractivity contribution in [1.29, 1.82) is 0 Å². The molecule has 3 aliphatic rings. The molecule has 6 heteroatoms.